The van der Waals surface area contributed by atoms with Gasteiger partial charge in [-0.05, 0) is 23.8 Å². The molecule has 0 unspecified atom stereocenters. The predicted molar refractivity (Wildman–Crippen MR) is 119 cm³/mol. The summed E-state index contributed by atoms with van der Waals surface area (Å²) in [5.41, 5.74) is 2.53. The molecule has 2 heterocycles. The molecule has 1 aliphatic rings. The van der Waals surface area contributed by atoms with E-state index in [-0.39, 0.29) is 31.2 Å². The number of H-pyrrole nitrogens is 1. The summed E-state index contributed by atoms with van der Waals surface area (Å²) < 4.78 is 10.1. The molecular formula is C24H25N3O5. The number of esters is 1. The average molecular weight is 435 g/mol. The Morgan fingerprint density at radius 1 is 1.19 bits per heavy atom. The first-order valence-electron chi connectivity index (χ1n) is 10.4. The molecule has 1 saturated heterocycles. The van der Waals surface area contributed by atoms with E-state index in [9.17, 15) is 14.4 Å². The van der Waals surface area contributed by atoms with Crippen LogP contribution in [0.5, 0.6) is 5.75 Å². The summed E-state index contributed by atoms with van der Waals surface area (Å²) in [5, 5.41) is 3.78. The smallest absolute Gasteiger partial charge is 0.328 e. The van der Waals surface area contributed by atoms with Crippen molar-refractivity contribution in [1.82, 2.24) is 10.3 Å². The zero-order chi connectivity index (χ0) is 22.7. The van der Waals surface area contributed by atoms with E-state index in [2.05, 4.69) is 10.3 Å². The van der Waals surface area contributed by atoms with E-state index >= 15 is 0 Å². The number of carbonyl (C=O) groups is 3. The van der Waals surface area contributed by atoms with Crippen LogP contribution in [0.15, 0.2) is 54.7 Å². The van der Waals surface area contributed by atoms with E-state index < -0.39 is 17.9 Å². The number of amides is 2. The molecule has 166 valence electrons. The lowest BCUT2D eigenvalue weighted by Crippen LogP contribution is -2.46. The topological polar surface area (TPSA) is 101 Å². The molecule has 0 saturated carbocycles. The van der Waals surface area contributed by atoms with Crippen molar-refractivity contribution < 1.29 is 23.9 Å². The normalized spacial score (nSPS) is 16.8. The number of para-hydroxylation sites is 1. The largest absolute Gasteiger partial charge is 0.497 e. The molecule has 2 aromatic carbocycles. The lowest BCUT2D eigenvalue weighted by atomic mass is 10.0. The highest BCUT2D eigenvalue weighted by molar-refractivity contribution is 6.01. The molecule has 0 radical (unpaired) electrons. The number of hydrogen-bond donors (Lipinski definition) is 2. The summed E-state index contributed by atoms with van der Waals surface area (Å²) in [4.78, 5) is 42.7. The van der Waals surface area contributed by atoms with Crippen LogP contribution in [0.4, 0.5) is 5.69 Å². The fourth-order valence-corrected chi connectivity index (χ4v) is 4.06. The van der Waals surface area contributed by atoms with Gasteiger partial charge in [0.15, 0.2) is 0 Å². The van der Waals surface area contributed by atoms with Crippen molar-refractivity contribution in [2.45, 2.75) is 18.9 Å². The van der Waals surface area contributed by atoms with Gasteiger partial charge in [-0.15, -0.1) is 0 Å². The number of nitrogens with zero attached hydrogens (tertiary/aromatic N) is 1. The van der Waals surface area contributed by atoms with Crippen molar-refractivity contribution in [1.29, 1.82) is 0 Å². The third-order valence-corrected chi connectivity index (χ3v) is 5.76. The Bertz CT molecular complexity index is 1160. The van der Waals surface area contributed by atoms with E-state index in [0.717, 1.165) is 16.5 Å². The van der Waals surface area contributed by atoms with Crippen molar-refractivity contribution in [2.75, 3.05) is 25.7 Å². The van der Waals surface area contributed by atoms with Gasteiger partial charge >= 0.3 is 5.97 Å². The van der Waals surface area contributed by atoms with Crippen LogP contribution >= 0.6 is 0 Å². The van der Waals surface area contributed by atoms with Gasteiger partial charge in [0, 0.05) is 48.2 Å². The molecule has 2 N–H and O–H groups in total. The van der Waals surface area contributed by atoms with Crippen molar-refractivity contribution in [3.8, 4) is 5.75 Å². The summed E-state index contributed by atoms with van der Waals surface area (Å²) in [6, 6.07) is 14.0. The number of hydrogen-bond acceptors (Lipinski definition) is 5. The van der Waals surface area contributed by atoms with Gasteiger partial charge in [-0.25, -0.2) is 4.79 Å². The zero-order valence-corrected chi connectivity index (χ0v) is 18.0. The maximum Gasteiger partial charge on any atom is 0.328 e. The molecule has 0 aliphatic carbocycles. The molecule has 0 spiro atoms. The Morgan fingerprint density at radius 2 is 2.00 bits per heavy atom. The highest BCUT2D eigenvalue weighted by Gasteiger charge is 2.37. The Balaban J connectivity index is 1.47. The number of methoxy groups -OCH3 is 2. The molecule has 1 fully saturated rings. The molecular weight excluding hydrogens is 410 g/mol. The maximum absolute atomic E-state index is 13.0. The molecule has 3 aromatic rings. The van der Waals surface area contributed by atoms with Crippen molar-refractivity contribution in [3.63, 3.8) is 0 Å². The summed E-state index contributed by atoms with van der Waals surface area (Å²) in [7, 11) is 2.85. The number of carbonyl (C=O) groups excluding carboxylic acids is 3. The Labute approximate surface area is 185 Å². The summed E-state index contributed by atoms with van der Waals surface area (Å²) >= 11 is 0. The first-order chi connectivity index (χ1) is 15.5. The van der Waals surface area contributed by atoms with Gasteiger partial charge in [-0.1, -0.05) is 24.3 Å². The van der Waals surface area contributed by atoms with Crippen LogP contribution in [0, 0.1) is 5.92 Å². The monoisotopic (exact) mass is 435 g/mol. The highest BCUT2D eigenvalue weighted by Crippen LogP contribution is 2.28. The van der Waals surface area contributed by atoms with E-state index in [1.807, 2.05) is 30.5 Å². The zero-order valence-electron chi connectivity index (χ0n) is 18.0. The highest BCUT2D eigenvalue weighted by atomic mass is 16.5. The molecule has 2 amide bonds. The molecule has 0 bridgehead atoms. The third kappa shape index (κ3) is 4.30. The fourth-order valence-electron chi connectivity index (χ4n) is 4.06. The van der Waals surface area contributed by atoms with Crippen molar-refractivity contribution in [2.24, 2.45) is 5.92 Å². The van der Waals surface area contributed by atoms with E-state index in [1.54, 1.807) is 36.3 Å². The number of aromatic amines is 1. The molecule has 8 nitrogen and oxygen atoms in total. The SMILES string of the molecule is COC(=O)[C@@H](Cc1c[nH]c2ccccc12)NC(=O)[C@H]1CC(=O)N(c2cccc(OC)c2)C1. The number of rotatable bonds is 7. The van der Waals surface area contributed by atoms with Gasteiger partial charge in [0.1, 0.15) is 11.8 Å². The van der Waals surface area contributed by atoms with Crippen LogP contribution in [-0.2, 0) is 25.5 Å². The van der Waals surface area contributed by atoms with Gasteiger partial charge in [-0.3, -0.25) is 9.59 Å². The minimum Gasteiger partial charge on any atom is -0.497 e. The van der Waals surface area contributed by atoms with Gasteiger partial charge in [0.2, 0.25) is 11.8 Å². The van der Waals surface area contributed by atoms with E-state index in [0.29, 0.717) is 11.4 Å². The quantitative estimate of drug-likeness (QED) is 0.555. The van der Waals surface area contributed by atoms with Crippen LogP contribution in [-0.4, -0.2) is 49.6 Å². The van der Waals surface area contributed by atoms with Crippen LogP contribution in [0.1, 0.15) is 12.0 Å². The molecule has 2 atom stereocenters. The second-order valence-electron chi connectivity index (χ2n) is 7.75. The van der Waals surface area contributed by atoms with Gasteiger partial charge < -0.3 is 24.7 Å². The summed E-state index contributed by atoms with van der Waals surface area (Å²) in [6.07, 6.45) is 2.18. The number of fused-ring (bicyclic) bond motifs is 1. The van der Waals surface area contributed by atoms with Crippen molar-refractivity contribution in [3.05, 3.63) is 60.3 Å². The maximum atomic E-state index is 13.0. The van der Waals surface area contributed by atoms with Gasteiger partial charge in [0.25, 0.3) is 0 Å². The first-order valence-corrected chi connectivity index (χ1v) is 10.4. The number of aromatic nitrogens is 1. The summed E-state index contributed by atoms with van der Waals surface area (Å²) in [5.74, 6) is -0.960. The molecule has 8 heteroatoms. The molecule has 4 rings (SSSR count). The van der Waals surface area contributed by atoms with Crippen LogP contribution in [0.3, 0.4) is 0 Å². The lowest BCUT2D eigenvalue weighted by Gasteiger charge is -2.20. The standard InChI is InChI=1S/C24H25N3O5/c1-31-18-7-5-6-17(12-18)27-14-16(11-22(27)28)23(29)26-21(24(30)32-2)10-15-13-25-20-9-4-3-8-19(15)20/h3-9,12-13,16,21,25H,10-11,14H2,1-2H3,(H,26,29)/t16-,21+/m0/s1. The first kappa shape index (κ1) is 21.4. The van der Waals surface area contributed by atoms with Gasteiger partial charge in [0.05, 0.1) is 20.1 Å². The summed E-state index contributed by atoms with van der Waals surface area (Å²) in [6.45, 7) is 0.235. The second kappa shape index (κ2) is 9.13. The minimum atomic E-state index is -0.854. The third-order valence-electron chi connectivity index (χ3n) is 5.76. The van der Waals surface area contributed by atoms with Gasteiger partial charge in [-0.2, -0.15) is 0 Å². The number of nitrogens with one attached hydrogen (secondary N) is 2. The fraction of sp³-hybridized carbons (Fsp3) is 0.292. The lowest BCUT2D eigenvalue weighted by molar-refractivity contribution is -0.145. The Kier molecular flexibility index (Phi) is 6.11. The Morgan fingerprint density at radius 3 is 2.78 bits per heavy atom. The molecule has 1 aromatic heterocycles. The predicted octanol–water partition coefficient (Wildman–Crippen LogP) is 2.43. The minimum absolute atomic E-state index is 0.0734. The van der Waals surface area contributed by atoms with Crippen LogP contribution < -0.4 is 15.0 Å². The van der Waals surface area contributed by atoms with Crippen LogP contribution in [0.25, 0.3) is 10.9 Å². The van der Waals surface area contributed by atoms with E-state index in [1.165, 1.54) is 7.11 Å². The average Bonchev–Trinajstić information content (AvgIpc) is 3.41. The number of benzene rings is 2. The van der Waals surface area contributed by atoms with E-state index in [4.69, 9.17) is 9.47 Å². The second-order valence-corrected chi connectivity index (χ2v) is 7.75. The molecule has 1 aliphatic heterocycles. The number of anilines is 1. The molecule has 32 heavy (non-hydrogen) atoms. The van der Waals surface area contributed by atoms with Crippen molar-refractivity contribution >= 4 is 34.4 Å². The Hall–Kier alpha value is -3.81. The number of ether oxygens (including phenoxy) is 2. The van der Waals surface area contributed by atoms with Crippen LogP contribution in [0.2, 0.25) is 0 Å².